The number of rotatable bonds is 2. The predicted molar refractivity (Wildman–Crippen MR) is 104 cm³/mol. The average molecular weight is 426 g/mol. The minimum absolute atomic E-state index is 0.00936. The van der Waals surface area contributed by atoms with Crippen molar-refractivity contribution >= 4 is 21.6 Å². The minimum Gasteiger partial charge on any atom is -0.486 e. The monoisotopic (exact) mass is 425 g/mol. The van der Waals surface area contributed by atoms with Crippen LogP contribution in [0.25, 0.3) is 0 Å². The lowest BCUT2D eigenvalue weighted by molar-refractivity contribution is 0.0713. The van der Waals surface area contributed by atoms with E-state index in [4.69, 9.17) is 4.74 Å². The van der Waals surface area contributed by atoms with Gasteiger partial charge >= 0.3 is 0 Å². The lowest BCUT2D eigenvalue weighted by Gasteiger charge is -2.30. The summed E-state index contributed by atoms with van der Waals surface area (Å²) in [5.74, 6) is 0.326. The van der Waals surface area contributed by atoms with Crippen molar-refractivity contribution in [2.24, 2.45) is 0 Å². The van der Waals surface area contributed by atoms with Crippen LogP contribution in [0.1, 0.15) is 5.69 Å². The Morgan fingerprint density at radius 1 is 1.32 bits per heavy atom. The Kier molecular flexibility index (Phi) is 5.63. The molecule has 0 saturated carbocycles. The van der Waals surface area contributed by atoms with E-state index in [1.807, 2.05) is 17.3 Å². The summed E-state index contributed by atoms with van der Waals surface area (Å²) in [6.45, 7) is 2.31. The Hall–Kier alpha value is -1.63. The second kappa shape index (κ2) is 8.01. The zero-order chi connectivity index (χ0) is 19.7. The number of hydrogen-bond donors (Lipinski definition) is 2. The normalized spacial score (nSPS) is 28.7. The van der Waals surface area contributed by atoms with Crippen LogP contribution >= 0.6 is 11.5 Å². The second-order valence-corrected chi connectivity index (χ2v) is 9.55. The number of benzene rings is 1. The quantitative estimate of drug-likeness (QED) is 0.679. The van der Waals surface area contributed by atoms with Crippen molar-refractivity contribution in [2.45, 2.75) is 29.7 Å². The van der Waals surface area contributed by atoms with Gasteiger partial charge in [0.1, 0.15) is 16.7 Å². The number of fused-ring (bicyclic) bond motifs is 2. The fourth-order valence-electron chi connectivity index (χ4n) is 3.73. The Morgan fingerprint density at radius 2 is 2.14 bits per heavy atom. The molecule has 0 aliphatic carbocycles. The number of aliphatic hydroxyl groups is 1. The molecule has 2 N–H and O–H groups in total. The fraction of sp³-hybridized carbons (Fsp3) is 0.529. The third-order valence-electron chi connectivity index (χ3n) is 5.09. The number of nitrogens with one attached hydrogen (secondary N) is 1. The lowest BCUT2D eigenvalue weighted by Crippen LogP contribution is -2.47. The maximum absolute atomic E-state index is 12.7. The first-order valence-corrected chi connectivity index (χ1v) is 11.4. The number of β-amino-alcohol motifs (C(OH)–C–C–N with tert-alkyl or cyclic N) is 1. The second-order valence-electron chi connectivity index (χ2n) is 7.21. The third kappa shape index (κ3) is 4.19. The van der Waals surface area contributed by atoms with Crippen LogP contribution < -0.4 is 9.46 Å². The number of sulfonamides is 1. The molecule has 0 unspecified atom stereocenters. The maximum atomic E-state index is 12.7. The topological polar surface area (TPSA) is 108 Å². The molecule has 2 aliphatic heterocycles. The van der Waals surface area contributed by atoms with Crippen LogP contribution in [0.4, 0.5) is 0 Å². The zero-order valence-corrected chi connectivity index (χ0v) is 17.1. The molecular weight excluding hydrogens is 402 g/mol. The van der Waals surface area contributed by atoms with Gasteiger partial charge in [-0.05, 0) is 30.7 Å². The average Bonchev–Trinajstić information content (AvgIpc) is 3.30. The van der Waals surface area contributed by atoms with Crippen molar-refractivity contribution in [1.82, 2.24) is 24.1 Å². The molecule has 2 aliphatic rings. The molecule has 3 heterocycles. The van der Waals surface area contributed by atoms with Gasteiger partial charge in [-0.1, -0.05) is 16.6 Å². The molecule has 11 heteroatoms. The van der Waals surface area contributed by atoms with Gasteiger partial charge in [0.15, 0.2) is 0 Å². The lowest BCUT2D eigenvalue weighted by atomic mass is 10.1. The van der Waals surface area contributed by atoms with E-state index < -0.39 is 16.1 Å². The summed E-state index contributed by atoms with van der Waals surface area (Å²) in [7, 11) is -1.85. The van der Waals surface area contributed by atoms with Crippen LogP contribution in [0.5, 0.6) is 5.75 Å². The van der Waals surface area contributed by atoms with Crippen molar-refractivity contribution in [3.8, 4) is 5.75 Å². The minimum atomic E-state index is -3.78. The van der Waals surface area contributed by atoms with Crippen molar-refractivity contribution in [2.75, 3.05) is 33.2 Å². The zero-order valence-electron chi connectivity index (χ0n) is 15.4. The first kappa shape index (κ1) is 19.7. The molecule has 1 aromatic heterocycles. The summed E-state index contributed by atoms with van der Waals surface area (Å²) in [5, 5.41) is 16.4. The first-order valence-electron chi connectivity index (χ1n) is 9.04. The highest BCUT2D eigenvalue weighted by Crippen LogP contribution is 2.29. The van der Waals surface area contributed by atoms with Crippen LogP contribution in [0, 0.1) is 0 Å². The SMILES string of the molecule is CN1C[C@@H](O)CNS(=O)(=O)c2ccccc2O[C@H]2CN(Cc3csnn3)C[C@H]21. The van der Waals surface area contributed by atoms with Gasteiger partial charge in [-0.25, -0.2) is 13.1 Å². The highest BCUT2D eigenvalue weighted by atomic mass is 32.2. The number of nitrogens with zero attached hydrogens (tertiary/aromatic N) is 4. The summed E-state index contributed by atoms with van der Waals surface area (Å²) in [6, 6.07) is 6.63. The standard InChI is InChI=1S/C17H23N5O4S2/c1-21-8-13(23)6-18-28(24,25)17-5-3-2-4-15(17)26-16-10-22(9-14(16)21)7-12-11-27-20-19-12/h2-5,11,13-14,16,18,23H,6-10H2,1H3/t13-,14+,16-/m0/s1. The van der Waals surface area contributed by atoms with Crippen molar-refractivity contribution < 1.29 is 18.3 Å². The third-order valence-corrected chi connectivity index (χ3v) is 7.11. The van der Waals surface area contributed by atoms with Crippen LogP contribution in [0.15, 0.2) is 34.5 Å². The number of aromatic nitrogens is 2. The number of aliphatic hydroxyl groups excluding tert-OH is 1. The molecule has 0 bridgehead atoms. The number of ether oxygens (including phenoxy) is 1. The molecule has 9 nitrogen and oxygen atoms in total. The molecular formula is C17H23N5O4S2. The largest absolute Gasteiger partial charge is 0.486 e. The van der Waals surface area contributed by atoms with Gasteiger partial charge in [0.25, 0.3) is 0 Å². The fourth-order valence-corrected chi connectivity index (χ4v) is 5.38. The van der Waals surface area contributed by atoms with E-state index in [9.17, 15) is 13.5 Å². The molecule has 152 valence electrons. The van der Waals surface area contributed by atoms with Crippen LogP contribution in [0.3, 0.4) is 0 Å². The molecule has 1 saturated heterocycles. The van der Waals surface area contributed by atoms with E-state index >= 15 is 0 Å². The Labute approximate surface area is 168 Å². The van der Waals surface area contributed by atoms with Crippen LogP contribution in [0.2, 0.25) is 0 Å². The highest BCUT2D eigenvalue weighted by Gasteiger charge is 2.39. The number of likely N-dealkylation sites (N-methyl/N-ethyl adjacent to an activating group) is 1. The van der Waals surface area contributed by atoms with E-state index in [1.54, 1.807) is 18.2 Å². The van der Waals surface area contributed by atoms with Crippen molar-refractivity contribution in [1.29, 1.82) is 0 Å². The number of hydrogen-bond acceptors (Lipinski definition) is 9. The van der Waals surface area contributed by atoms with Gasteiger partial charge in [0.05, 0.1) is 17.8 Å². The summed E-state index contributed by atoms with van der Waals surface area (Å²) in [5.41, 5.74) is 0.903. The molecule has 3 atom stereocenters. The summed E-state index contributed by atoms with van der Waals surface area (Å²) in [4.78, 5) is 4.35. The summed E-state index contributed by atoms with van der Waals surface area (Å²) in [6.07, 6.45) is -1.05. The molecule has 0 radical (unpaired) electrons. The van der Waals surface area contributed by atoms with Crippen LogP contribution in [-0.2, 0) is 16.6 Å². The molecule has 0 spiro atoms. The van der Waals surface area contributed by atoms with E-state index in [1.165, 1.54) is 17.6 Å². The van der Waals surface area contributed by atoms with E-state index in [-0.39, 0.29) is 23.6 Å². The molecule has 4 rings (SSSR count). The van der Waals surface area contributed by atoms with E-state index in [2.05, 4.69) is 19.2 Å². The van der Waals surface area contributed by atoms with Gasteiger partial charge in [0, 0.05) is 38.1 Å². The van der Waals surface area contributed by atoms with Crippen molar-refractivity contribution in [3.05, 3.63) is 35.3 Å². The molecule has 1 aromatic carbocycles. The van der Waals surface area contributed by atoms with Gasteiger partial charge in [-0.2, -0.15) is 0 Å². The number of para-hydroxylation sites is 1. The van der Waals surface area contributed by atoms with Gasteiger partial charge < -0.3 is 9.84 Å². The number of likely N-dealkylation sites (tertiary alicyclic amines) is 1. The van der Waals surface area contributed by atoms with Gasteiger partial charge in [-0.15, -0.1) is 5.10 Å². The highest BCUT2D eigenvalue weighted by molar-refractivity contribution is 7.89. The summed E-state index contributed by atoms with van der Waals surface area (Å²) >= 11 is 1.32. The van der Waals surface area contributed by atoms with Gasteiger partial charge in [0.2, 0.25) is 10.0 Å². The Bertz CT molecular complexity index is 908. The molecule has 2 aromatic rings. The molecule has 1 fully saturated rings. The smallest absolute Gasteiger partial charge is 0.244 e. The van der Waals surface area contributed by atoms with Crippen molar-refractivity contribution in [3.63, 3.8) is 0 Å². The Balaban J connectivity index is 1.64. The van der Waals surface area contributed by atoms with Crippen LogP contribution in [-0.4, -0.2) is 84.4 Å². The van der Waals surface area contributed by atoms with E-state index in [0.29, 0.717) is 25.4 Å². The maximum Gasteiger partial charge on any atom is 0.244 e. The molecule has 0 amide bonds. The summed E-state index contributed by atoms with van der Waals surface area (Å²) < 4.78 is 38.0. The first-order chi connectivity index (χ1) is 13.4. The predicted octanol–water partition coefficient (Wildman–Crippen LogP) is -0.245. The Morgan fingerprint density at radius 3 is 2.93 bits per heavy atom. The van der Waals surface area contributed by atoms with E-state index in [0.717, 1.165) is 12.2 Å². The molecule has 28 heavy (non-hydrogen) atoms. The van der Waals surface area contributed by atoms with Gasteiger partial charge in [-0.3, -0.25) is 9.80 Å².